The number of hydrogen-bond acceptors (Lipinski definition) is 9. The molecule has 1 amide bonds. The second-order valence-corrected chi connectivity index (χ2v) is 9.96. The van der Waals surface area contributed by atoms with Crippen molar-refractivity contribution in [3.05, 3.63) is 12.2 Å². The fourth-order valence-electron chi connectivity index (χ4n) is 2.65. The minimum atomic E-state index is -0.658. The van der Waals surface area contributed by atoms with Crippen LogP contribution in [0.5, 0.6) is 0 Å². The molecule has 0 unspecified atom stereocenters. The van der Waals surface area contributed by atoms with Crippen molar-refractivity contribution in [3.8, 4) is 5.40 Å². The third-order valence-corrected chi connectivity index (χ3v) is 5.40. The average Bonchev–Trinajstić information content (AvgIpc) is 2.79. The molecule has 0 radical (unpaired) electrons. The summed E-state index contributed by atoms with van der Waals surface area (Å²) in [5, 5.41) is 17.3. The maximum Gasteiger partial charge on any atom is 0.222 e. The van der Waals surface area contributed by atoms with Gasteiger partial charge >= 0.3 is 0 Å². The molecule has 1 atom stereocenters. The molecule has 0 rings (SSSR count). The van der Waals surface area contributed by atoms with Gasteiger partial charge in [-0.2, -0.15) is 5.26 Å². The first kappa shape index (κ1) is 33.8. The zero-order valence-corrected chi connectivity index (χ0v) is 23.1. The van der Waals surface area contributed by atoms with Gasteiger partial charge in [0, 0.05) is 32.0 Å². The second kappa shape index (κ2) is 23.2. The van der Waals surface area contributed by atoms with Crippen molar-refractivity contribution in [1.82, 2.24) is 10.6 Å². The van der Waals surface area contributed by atoms with Gasteiger partial charge < -0.3 is 34.3 Å². The third-order valence-electron chi connectivity index (χ3n) is 4.55. The van der Waals surface area contributed by atoms with E-state index in [0.29, 0.717) is 90.8 Å². The molecule has 0 spiro atoms. The summed E-state index contributed by atoms with van der Waals surface area (Å²) in [6.07, 6.45) is 4.92. The summed E-state index contributed by atoms with van der Waals surface area (Å²) in [5.74, 6) is 0.448. The molecule has 10 heteroatoms. The maximum atomic E-state index is 11.7. The average molecular weight is 518 g/mol. The molecule has 0 aromatic heterocycles. The highest BCUT2D eigenvalue weighted by atomic mass is 32.2. The number of carbonyl (C=O) groups is 1. The van der Waals surface area contributed by atoms with Gasteiger partial charge in [-0.3, -0.25) is 4.79 Å². The largest absolute Gasteiger partial charge is 0.379 e. The lowest BCUT2D eigenvalue weighted by Crippen LogP contribution is -2.28. The van der Waals surface area contributed by atoms with E-state index in [1.54, 1.807) is 0 Å². The Kier molecular flexibility index (Phi) is 22.4. The number of nitrogens with one attached hydrogen (secondary N) is 2. The van der Waals surface area contributed by atoms with E-state index < -0.39 is 4.93 Å². The third kappa shape index (κ3) is 24.3. The lowest BCUT2D eigenvalue weighted by Gasteiger charge is -2.26. The van der Waals surface area contributed by atoms with Crippen molar-refractivity contribution in [1.29, 1.82) is 5.26 Å². The number of thiocyanates is 1. The standard InChI is InChI=1S/C25H47N3O6S/c1-22(2)7-6-10-28-24(29)8-12-30-15-18-33-19-20-34-25(5,35-21-26)9-13-31-16-17-32-14-11-27-23(3)4/h6-7,22-23,27H,8-20H2,1-5H3,(H,28,29)/b7-6+/t25-/m0/s1. The van der Waals surface area contributed by atoms with Gasteiger partial charge in [0.25, 0.3) is 0 Å². The van der Waals surface area contributed by atoms with Crippen LogP contribution in [0.2, 0.25) is 0 Å². The number of amides is 1. The van der Waals surface area contributed by atoms with Crippen molar-refractivity contribution in [2.45, 2.75) is 58.4 Å². The van der Waals surface area contributed by atoms with Gasteiger partial charge in [0.15, 0.2) is 0 Å². The fraction of sp³-hybridized carbons (Fsp3) is 0.840. The molecule has 2 N–H and O–H groups in total. The molecule has 0 aromatic carbocycles. The SMILES string of the molecule is CC(C)/C=C/CNC(=O)CCOCCOCCO[C@](C)(CCOCCOCCNC(C)C)SC#N. The van der Waals surface area contributed by atoms with E-state index in [4.69, 9.17) is 28.9 Å². The lowest BCUT2D eigenvalue weighted by molar-refractivity contribution is -0.122. The minimum absolute atomic E-state index is 0.0301. The second-order valence-electron chi connectivity index (χ2n) is 8.71. The summed E-state index contributed by atoms with van der Waals surface area (Å²) < 4.78 is 27.9. The van der Waals surface area contributed by atoms with Gasteiger partial charge in [-0.25, -0.2) is 0 Å². The zero-order chi connectivity index (χ0) is 26.2. The quantitative estimate of drug-likeness (QED) is 0.0863. The zero-order valence-electron chi connectivity index (χ0n) is 22.3. The molecule has 0 saturated heterocycles. The Labute approximate surface area is 216 Å². The summed E-state index contributed by atoms with van der Waals surface area (Å²) in [6, 6.07) is 0.454. The highest BCUT2D eigenvalue weighted by Crippen LogP contribution is 2.29. The Morgan fingerprint density at radius 3 is 2.17 bits per heavy atom. The summed E-state index contributed by atoms with van der Waals surface area (Å²) in [5.41, 5.74) is 0. The molecular formula is C25H47N3O6S. The van der Waals surface area contributed by atoms with E-state index in [-0.39, 0.29) is 5.91 Å². The van der Waals surface area contributed by atoms with Crippen LogP contribution >= 0.6 is 11.8 Å². The number of nitriles is 1. The summed E-state index contributed by atoms with van der Waals surface area (Å²) in [6.45, 7) is 15.8. The Hall–Kier alpha value is -1.19. The van der Waals surface area contributed by atoms with Gasteiger partial charge in [0.05, 0.1) is 59.5 Å². The van der Waals surface area contributed by atoms with E-state index in [1.165, 1.54) is 0 Å². The molecular weight excluding hydrogens is 470 g/mol. The van der Waals surface area contributed by atoms with Crippen LogP contribution in [-0.2, 0) is 28.5 Å². The van der Waals surface area contributed by atoms with Crippen molar-refractivity contribution < 1.29 is 28.5 Å². The summed E-state index contributed by atoms with van der Waals surface area (Å²) >= 11 is 1.08. The van der Waals surface area contributed by atoms with Crippen molar-refractivity contribution in [2.75, 3.05) is 72.6 Å². The van der Waals surface area contributed by atoms with Gasteiger partial charge in [-0.15, -0.1) is 0 Å². The molecule has 0 fully saturated rings. The smallest absolute Gasteiger partial charge is 0.222 e. The van der Waals surface area contributed by atoms with Gasteiger partial charge in [-0.05, 0) is 24.6 Å². The first-order valence-electron chi connectivity index (χ1n) is 12.5. The Morgan fingerprint density at radius 2 is 1.54 bits per heavy atom. The number of ether oxygens (including phenoxy) is 5. The molecule has 0 bridgehead atoms. The van der Waals surface area contributed by atoms with Gasteiger partial charge in [0.1, 0.15) is 10.3 Å². The lowest BCUT2D eigenvalue weighted by atomic mass is 10.2. The van der Waals surface area contributed by atoms with E-state index in [2.05, 4.69) is 49.8 Å². The predicted molar refractivity (Wildman–Crippen MR) is 140 cm³/mol. The number of carbonyl (C=O) groups excluding carboxylic acids is 1. The van der Waals surface area contributed by atoms with Crippen molar-refractivity contribution in [2.24, 2.45) is 5.92 Å². The highest BCUT2D eigenvalue weighted by Gasteiger charge is 2.26. The van der Waals surface area contributed by atoms with Crippen LogP contribution in [-0.4, -0.2) is 89.4 Å². The van der Waals surface area contributed by atoms with E-state index in [9.17, 15) is 4.79 Å². The minimum Gasteiger partial charge on any atom is -0.379 e. The molecule has 9 nitrogen and oxygen atoms in total. The molecule has 35 heavy (non-hydrogen) atoms. The Bertz CT molecular complexity index is 586. The molecule has 0 aromatic rings. The van der Waals surface area contributed by atoms with Crippen LogP contribution in [0.25, 0.3) is 0 Å². The van der Waals surface area contributed by atoms with Crippen LogP contribution in [0.15, 0.2) is 12.2 Å². The van der Waals surface area contributed by atoms with Crippen molar-refractivity contribution >= 4 is 17.7 Å². The predicted octanol–water partition coefficient (Wildman–Crippen LogP) is 3.11. The number of rotatable bonds is 24. The monoisotopic (exact) mass is 517 g/mol. The Balaban J connectivity index is 3.70. The molecule has 0 saturated carbocycles. The number of nitrogens with zero attached hydrogens (tertiary/aromatic N) is 1. The number of thioether (sulfide) groups is 1. The molecule has 0 heterocycles. The van der Waals surface area contributed by atoms with Gasteiger partial charge in [0.2, 0.25) is 5.91 Å². The van der Waals surface area contributed by atoms with Crippen LogP contribution in [0.3, 0.4) is 0 Å². The van der Waals surface area contributed by atoms with Crippen molar-refractivity contribution in [3.63, 3.8) is 0 Å². The highest BCUT2D eigenvalue weighted by molar-refractivity contribution is 8.04. The maximum absolute atomic E-state index is 11.7. The van der Waals surface area contributed by atoms with Crippen LogP contribution in [0.1, 0.15) is 47.5 Å². The summed E-state index contributed by atoms with van der Waals surface area (Å²) in [4.78, 5) is 11.0. The fourth-order valence-corrected chi connectivity index (χ4v) is 3.17. The summed E-state index contributed by atoms with van der Waals surface area (Å²) in [7, 11) is 0. The molecule has 204 valence electrons. The first-order valence-corrected chi connectivity index (χ1v) is 13.3. The van der Waals surface area contributed by atoms with Crippen LogP contribution in [0.4, 0.5) is 0 Å². The van der Waals surface area contributed by atoms with Gasteiger partial charge in [-0.1, -0.05) is 39.8 Å². The van der Waals surface area contributed by atoms with E-state index >= 15 is 0 Å². The van der Waals surface area contributed by atoms with E-state index in [0.717, 1.165) is 18.3 Å². The molecule has 0 aliphatic rings. The molecule has 0 aliphatic carbocycles. The Morgan fingerprint density at radius 1 is 0.943 bits per heavy atom. The number of hydrogen-bond donors (Lipinski definition) is 2. The normalized spacial score (nSPS) is 13.4. The first-order chi connectivity index (χ1) is 16.8. The van der Waals surface area contributed by atoms with E-state index in [1.807, 2.05) is 13.0 Å². The van der Waals surface area contributed by atoms with Crippen LogP contribution in [0, 0.1) is 16.6 Å². The molecule has 0 aliphatic heterocycles. The topological polar surface area (TPSA) is 111 Å². The van der Waals surface area contributed by atoms with Crippen LogP contribution < -0.4 is 10.6 Å². The number of allylic oxidation sites excluding steroid dienone is 1.